The zero-order valence-corrected chi connectivity index (χ0v) is 9.33. The van der Waals surface area contributed by atoms with E-state index in [4.69, 9.17) is 26.2 Å². The second kappa shape index (κ2) is 6.65. The van der Waals surface area contributed by atoms with E-state index >= 15 is 0 Å². The molecule has 0 radical (unpaired) electrons. The molecule has 72 valence electrons. The molecule has 5 heteroatoms. The maximum absolute atomic E-state index is 5.11. The molecule has 0 aromatic carbocycles. The lowest BCUT2D eigenvalue weighted by molar-refractivity contribution is -0.244. The Morgan fingerprint density at radius 3 is 2.17 bits per heavy atom. The number of hydrogen-bond acceptors (Lipinski definition) is 5. The largest absolute Gasteiger partial charge is 0.316 e. The van der Waals surface area contributed by atoms with Gasteiger partial charge in [0.05, 0.1) is 24.3 Å². The van der Waals surface area contributed by atoms with Crippen LogP contribution in [0.15, 0.2) is 0 Å². The van der Waals surface area contributed by atoms with Crippen LogP contribution in [0.4, 0.5) is 0 Å². The van der Waals surface area contributed by atoms with Gasteiger partial charge in [0, 0.05) is 0 Å². The van der Waals surface area contributed by atoms with Crippen molar-refractivity contribution in [2.75, 3.05) is 0 Å². The van der Waals surface area contributed by atoms with Crippen molar-refractivity contribution in [3.8, 4) is 0 Å². The molecule has 0 aromatic rings. The summed E-state index contributed by atoms with van der Waals surface area (Å²) in [6.45, 7) is 7.55. The Morgan fingerprint density at radius 2 is 1.75 bits per heavy atom. The van der Waals surface area contributed by atoms with Gasteiger partial charge in [-0.3, -0.25) is 0 Å². The lowest BCUT2D eigenvalue weighted by Crippen LogP contribution is -2.07. The summed E-state index contributed by atoms with van der Waals surface area (Å²) < 4.78 is 5.35. The summed E-state index contributed by atoms with van der Waals surface area (Å²) in [6.07, 6.45) is 0.123. The van der Waals surface area contributed by atoms with Gasteiger partial charge in [-0.15, -0.1) is 0 Å². The molecule has 0 aromatic heterocycles. The summed E-state index contributed by atoms with van der Waals surface area (Å²) in [6, 6.07) is 0. The quantitative estimate of drug-likeness (QED) is 0.308. The van der Waals surface area contributed by atoms with E-state index in [1.807, 2.05) is 27.7 Å². The average Bonchev–Trinajstić information content (AvgIpc) is 1.96. The minimum absolute atomic E-state index is 0.00241. The Labute approximate surface area is 82.9 Å². The van der Waals surface area contributed by atoms with Crippen LogP contribution < -0.4 is 0 Å². The highest BCUT2D eigenvalue weighted by Crippen LogP contribution is 2.11. The first-order valence-electron chi connectivity index (χ1n) is 3.73. The van der Waals surface area contributed by atoms with Gasteiger partial charge in [-0.25, -0.2) is 0 Å². The molecule has 0 fully saturated rings. The molecule has 0 rings (SSSR count). The SMILES string of the molecule is CC(C)OOC(=S)SOC(C)C. The summed E-state index contributed by atoms with van der Waals surface area (Å²) >= 11 is 5.79. The van der Waals surface area contributed by atoms with Gasteiger partial charge in [0.2, 0.25) is 0 Å². The summed E-state index contributed by atoms with van der Waals surface area (Å²) in [5.41, 5.74) is 0. The van der Waals surface area contributed by atoms with E-state index < -0.39 is 0 Å². The molecule has 0 aliphatic heterocycles. The lowest BCUT2D eigenvalue weighted by Gasteiger charge is -2.08. The van der Waals surface area contributed by atoms with E-state index in [0.717, 1.165) is 12.0 Å². The normalized spacial score (nSPS) is 10.8. The molecule has 0 aliphatic rings. The molecule has 0 heterocycles. The average molecular weight is 210 g/mol. The summed E-state index contributed by atoms with van der Waals surface area (Å²) in [5.74, 6) is 0. The smallest absolute Gasteiger partial charge is 0.289 e. The van der Waals surface area contributed by atoms with Gasteiger partial charge in [0.1, 0.15) is 0 Å². The second-order valence-corrected chi connectivity index (χ2v) is 4.07. The molecular formula is C7H14O3S2. The van der Waals surface area contributed by atoms with Crippen molar-refractivity contribution in [1.82, 2.24) is 0 Å². The third kappa shape index (κ3) is 8.26. The molecule has 0 aliphatic carbocycles. The molecule has 0 atom stereocenters. The second-order valence-electron chi connectivity index (χ2n) is 2.71. The fourth-order valence-corrected chi connectivity index (χ4v) is 0.780. The van der Waals surface area contributed by atoms with Crippen LogP contribution >= 0.6 is 24.3 Å². The van der Waals surface area contributed by atoms with Crippen molar-refractivity contribution < 1.29 is 14.0 Å². The summed E-state index contributed by atoms with van der Waals surface area (Å²) in [5, 5.41) is 0. The van der Waals surface area contributed by atoms with Crippen molar-refractivity contribution in [1.29, 1.82) is 0 Å². The van der Waals surface area contributed by atoms with Crippen LogP contribution in [0, 0.1) is 0 Å². The Kier molecular flexibility index (Phi) is 6.74. The van der Waals surface area contributed by atoms with Crippen molar-refractivity contribution in [3.63, 3.8) is 0 Å². The van der Waals surface area contributed by atoms with E-state index in [1.165, 1.54) is 0 Å². The van der Waals surface area contributed by atoms with E-state index in [9.17, 15) is 0 Å². The van der Waals surface area contributed by atoms with Crippen LogP contribution in [-0.4, -0.2) is 16.6 Å². The van der Waals surface area contributed by atoms with E-state index in [2.05, 4.69) is 0 Å². The lowest BCUT2D eigenvalue weighted by atomic mass is 10.5. The van der Waals surface area contributed by atoms with Crippen molar-refractivity contribution in [2.24, 2.45) is 0 Å². The molecule has 0 bridgehead atoms. The Morgan fingerprint density at radius 1 is 1.17 bits per heavy atom. The summed E-state index contributed by atoms with van der Waals surface area (Å²) in [7, 11) is 0. The summed E-state index contributed by atoms with van der Waals surface area (Å²) in [4.78, 5) is 9.52. The van der Waals surface area contributed by atoms with Crippen molar-refractivity contribution in [3.05, 3.63) is 0 Å². The molecule has 0 amide bonds. The molecule has 3 nitrogen and oxygen atoms in total. The zero-order valence-electron chi connectivity index (χ0n) is 7.70. The van der Waals surface area contributed by atoms with E-state index in [0.29, 0.717) is 0 Å². The Hall–Kier alpha value is 0.160. The van der Waals surface area contributed by atoms with Crippen LogP contribution in [0.5, 0.6) is 0 Å². The monoisotopic (exact) mass is 210 g/mol. The predicted octanol–water partition coefficient (Wildman–Crippen LogP) is 2.70. The van der Waals surface area contributed by atoms with E-state index in [-0.39, 0.29) is 16.6 Å². The maximum atomic E-state index is 5.11. The minimum Gasteiger partial charge on any atom is -0.316 e. The van der Waals surface area contributed by atoms with Gasteiger partial charge in [-0.1, -0.05) is 0 Å². The fraction of sp³-hybridized carbons (Fsp3) is 0.857. The van der Waals surface area contributed by atoms with Crippen LogP contribution in [0.3, 0.4) is 0 Å². The first-order chi connectivity index (χ1) is 5.52. The van der Waals surface area contributed by atoms with E-state index in [1.54, 1.807) is 0 Å². The number of hydrogen-bond donors (Lipinski definition) is 0. The highest BCUT2D eigenvalue weighted by atomic mass is 32.2. The molecular weight excluding hydrogens is 196 g/mol. The fourth-order valence-electron chi connectivity index (χ4n) is 0.285. The molecule has 0 saturated carbocycles. The zero-order chi connectivity index (χ0) is 9.56. The van der Waals surface area contributed by atoms with Crippen LogP contribution in [0.25, 0.3) is 0 Å². The van der Waals surface area contributed by atoms with Gasteiger partial charge in [-0.05, 0) is 39.9 Å². The Balaban J connectivity index is 3.34. The van der Waals surface area contributed by atoms with Crippen LogP contribution in [-0.2, 0) is 14.0 Å². The molecule has 0 saturated heterocycles. The number of thiocarbonyl (C=S) groups is 1. The van der Waals surface area contributed by atoms with Gasteiger partial charge >= 0.3 is 0 Å². The third-order valence-electron chi connectivity index (χ3n) is 0.617. The molecule has 12 heavy (non-hydrogen) atoms. The third-order valence-corrected chi connectivity index (χ3v) is 1.57. The van der Waals surface area contributed by atoms with Gasteiger partial charge in [-0.2, -0.15) is 4.89 Å². The predicted molar refractivity (Wildman–Crippen MR) is 53.7 cm³/mol. The topological polar surface area (TPSA) is 27.7 Å². The first kappa shape index (κ1) is 12.2. The maximum Gasteiger partial charge on any atom is 0.289 e. The van der Waals surface area contributed by atoms with Gasteiger partial charge in [0.25, 0.3) is 4.38 Å². The van der Waals surface area contributed by atoms with Crippen LogP contribution in [0.1, 0.15) is 27.7 Å². The van der Waals surface area contributed by atoms with Gasteiger partial charge < -0.3 is 9.07 Å². The van der Waals surface area contributed by atoms with Crippen molar-refractivity contribution >= 4 is 28.6 Å². The number of rotatable bonds is 4. The van der Waals surface area contributed by atoms with Crippen molar-refractivity contribution in [2.45, 2.75) is 39.9 Å². The molecule has 0 spiro atoms. The highest BCUT2D eigenvalue weighted by molar-refractivity contribution is 8.19. The first-order valence-corrected chi connectivity index (χ1v) is 4.88. The van der Waals surface area contributed by atoms with Gasteiger partial charge in [0.15, 0.2) is 0 Å². The minimum atomic E-state index is 0.00241. The highest BCUT2D eigenvalue weighted by Gasteiger charge is 2.04. The standard InChI is InChI=1S/C7H14O3S2/c1-5(2)8-9-7(11)12-10-6(3)4/h5-6H,1-4H3. The molecule has 0 N–H and O–H groups in total. The molecule has 0 unspecified atom stereocenters. The Bertz CT molecular complexity index is 123. The van der Waals surface area contributed by atoms with Crippen LogP contribution in [0.2, 0.25) is 0 Å².